The van der Waals surface area contributed by atoms with Gasteiger partial charge in [0, 0.05) is 23.2 Å². The van der Waals surface area contributed by atoms with Gasteiger partial charge >= 0.3 is 6.03 Å². The van der Waals surface area contributed by atoms with E-state index in [4.69, 9.17) is 10.2 Å². The third-order valence-electron chi connectivity index (χ3n) is 4.33. The topological polar surface area (TPSA) is 110 Å². The van der Waals surface area contributed by atoms with Crippen LogP contribution in [0.2, 0.25) is 0 Å². The number of nitrogens with zero attached hydrogens (tertiary/aromatic N) is 1. The summed E-state index contributed by atoms with van der Waals surface area (Å²) in [5.41, 5.74) is 10.1. The number of carbonyl (C=O) groups is 2. The van der Waals surface area contributed by atoms with Crippen LogP contribution in [0, 0.1) is 12.3 Å². The maximum absolute atomic E-state index is 12.7. The molecule has 1 aliphatic rings. The number of nitrogens with one attached hydrogen (secondary N) is 2. The lowest BCUT2D eigenvalue weighted by Gasteiger charge is -2.29. The van der Waals surface area contributed by atoms with Crippen LogP contribution < -0.4 is 16.5 Å². The van der Waals surface area contributed by atoms with E-state index in [2.05, 4.69) is 29.7 Å². The molecule has 0 bridgehead atoms. The van der Waals surface area contributed by atoms with E-state index >= 15 is 0 Å². The number of fused-ring (bicyclic) bond motifs is 1. The summed E-state index contributed by atoms with van der Waals surface area (Å²) >= 11 is 0. The molecule has 1 aromatic carbocycles. The smallest absolute Gasteiger partial charge is 0.332 e. The highest BCUT2D eigenvalue weighted by molar-refractivity contribution is 6.09. The van der Waals surface area contributed by atoms with Crippen molar-refractivity contribution in [1.82, 2.24) is 5.43 Å². The maximum Gasteiger partial charge on any atom is 0.332 e. The second-order valence-electron chi connectivity index (χ2n) is 7.23. The van der Waals surface area contributed by atoms with Crippen molar-refractivity contribution in [3.8, 4) is 0 Å². The SMILES string of the molecule is Cc1c(C(=O)Nc2ccccc2)oc2c1/C(=N\NC(N)=O)CC(C)(C)C2. The summed E-state index contributed by atoms with van der Waals surface area (Å²) < 4.78 is 5.91. The number of hydrogen-bond donors (Lipinski definition) is 3. The van der Waals surface area contributed by atoms with Crippen LogP contribution in [0.4, 0.5) is 10.5 Å². The van der Waals surface area contributed by atoms with E-state index in [1.807, 2.05) is 37.3 Å². The van der Waals surface area contributed by atoms with Crippen LogP contribution in [0.25, 0.3) is 0 Å². The molecule has 0 fully saturated rings. The maximum atomic E-state index is 12.7. The fourth-order valence-corrected chi connectivity index (χ4v) is 3.26. The highest BCUT2D eigenvalue weighted by atomic mass is 16.4. The van der Waals surface area contributed by atoms with Gasteiger partial charge < -0.3 is 15.5 Å². The standard InChI is InChI=1S/C19H22N4O3/c1-11-15-13(22-23-18(20)25)9-19(2,3)10-14(15)26-16(11)17(24)21-12-7-5-4-6-8-12/h4-8H,9-10H2,1-3H3,(H,21,24)(H3,20,23,25)/b22-13-. The second-order valence-corrected chi connectivity index (χ2v) is 7.23. The number of hydrogen-bond acceptors (Lipinski definition) is 4. The van der Waals surface area contributed by atoms with E-state index in [0.29, 0.717) is 35.6 Å². The molecule has 0 saturated carbocycles. The molecule has 7 nitrogen and oxygen atoms in total. The predicted octanol–water partition coefficient (Wildman–Crippen LogP) is 3.19. The monoisotopic (exact) mass is 354 g/mol. The molecule has 0 radical (unpaired) electrons. The van der Waals surface area contributed by atoms with Gasteiger partial charge in [-0.25, -0.2) is 10.2 Å². The first kappa shape index (κ1) is 17.7. The Morgan fingerprint density at radius 3 is 2.54 bits per heavy atom. The molecule has 0 atom stereocenters. The first-order valence-electron chi connectivity index (χ1n) is 8.38. The Morgan fingerprint density at radius 2 is 1.88 bits per heavy atom. The molecule has 1 aliphatic carbocycles. The lowest BCUT2D eigenvalue weighted by Crippen LogP contribution is -2.31. The average molecular weight is 354 g/mol. The third kappa shape index (κ3) is 3.61. The third-order valence-corrected chi connectivity index (χ3v) is 4.33. The molecule has 0 spiro atoms. The Labute approximate surface area is 151 Å². The number of furan rings is 1. The molecule has 0 unspecified atom stereocenters. The van der Waals surface area contributed by atoms with Crippen LogP contribution in [0.1, 0.15) is 47.7 Å². The van der Waals surface area contributed by atoms with Gasteiger partial charge in [0.15, 0.2) is 5.76 Å². The van der Waals surface area contributed by atoms with Gasteiger partial charge in [-0.3, -0.25) is 4.79 Å². The molecule has 0 aliphatic heterocycles. The predicted molar refractivity (Wildman–Crippen MR) is 99.2 cm³/mol. The summed E-state index contributed by atoms with van der Waals surface area (Å²) in [5, 5.41) is 6.97. The summed E-state index contributed by atoms with van der Waals surface area (Å²) in [6.07, 6.45) is 1.32. The Kier molecular flexibility index (Phi) is 4.54. The van der Waals surface area contributed by atoms with Crippen molar-refractivity contribution >= 4 is 23.3 Å². The van der Waals surface area contributed by atoms with Gasteiger partial charge in [-0.05, 0) is 30.9 Å². The number of carbonyl (C=O) groups excluding carboxylic acids is 2. The van der Waals surface area contributed by atoms with E-state index in [-0.39, 0.29) is 17.1 Å². The Balaban J connectivity index is 1.97. The Morgan fingerprint density at radius 1 is 1.19 bits per heavy atom. The van der Waals surface area contributed by atoms with Crippen molar-refractivity contribution in [2.24, 2.45) is 16.3 Å². The Hall–Kier alpha value is -3.09. The molecule has 136 valence electrons. The van der Waals surface area contributed by atoms with Crippen LogP contribution in [0.3, 0.4) is 0 Å². The molecule has 7 heteroatoms. The summed E-state index contributed by atoms with van der Waals surface area (Å²) in [5.74, 6) is 0.633. The number of primary amides is 1. The zero-order valence-electron chi connectivity index (χ0n) is 15.1. The number of benzene rings is 1. The van der Waals surface area contributed by atoms with E-state index in [9.17, 15) is 9.59 Å². The highest BCUT2D eigenvalue weighted by Crippen LogP contribution is 2.38. The first-order valence-corrected chi connectivity index (χ1v) is 8.38. The van der Waals surface area contributed by atoms with Gasteiger partial charge in [0.05, 0.1) is 5.71 Å². The number of para-hydroxylation sites is 1. The van der Waals surface area contributed by atoms with Gasteiger partial charge in [0.1, 0.15) is 5.76 Å². The summed E-state index contributed by atoms with van der Waals surface area (Å²) in [4.78, 5) is 23.7. The van der Waals surface area contributed by atoms with Gasteiger partial charge in [0.2, 0.25) is 0 Å². The zero-order chi connectivity index (χ0) is 18.9. The van der Waals surface area contributed by atoms with Crippen molar-refractivity contribution in [1.29, 1.82) is 0 Å². The molecule has 1 aromatic heterocycles. The molecule has 26 heavy (non-hydrogen) atoms. The van der Waals surface area contributed by atoms with E-state index < -0.39 is 6.03 Å². The van der Waals surface area contributed by atoms with Crippen molar-refractivity contribution in [3.63, 3.8) is 0 Å². The van der Waals surface area contributed by atoms with Gasteiger partial charge in [-0.15, -0.1) is 0 Å². The van der Waals surface area contributed by atoms with E-state index in [1.165, 1.54) is 0 Å². The van der Waals surface area contributed by atoms with Crippen LogP contribution in [-0.2, 0) is 6.42 Å². The normalized spacial score (nSPS) is 16.8. The minimum atomic E-state index is -0.731. The number of amides is 3. The molecule has 3 amide bonds. The van der Waals surface area contributed by atoms with Crippen LogP contribution in [-0.4, -0.2) is 17.6 Å². The minimum Gasteiger partial charge on any atom is -0.455 e. The summed E-state index contributed by atoms with van der Waals surface area (Å²) in [6, 6.07) is 8.46. The number of rotatable bonds is 3. The van der Waals surface area contributed by atoms with Crippen molar-refractivity contribution in [3.05, 3.63) is 53.0 Å². The fourth-order valence-electron chi connectivity index (χ4n) is 3.26. The number of nitrogens with two attached hydrogens (primary N) is 1. The number of hydrazone groups is 1. The van der Waals surface area contributed by atoms with Crippen molar-refractivity contribution in [2.75, 3.05) is 5.32 Å². The van der Waals surface area contributed by atoms with E-state index in [0.717, 1.165) is 5.56 Å². The van der Waals surface area contributed by atoms with Gasteiger partial charge in [-0.2, -0.15) is 5.10 Å². The van der Waals surface area contributed by atoms with Crippen LogP contribution >= 0.6 is 0 Å². The zero-order valence-corrected chi connectivity index (χ0v) is 15.1. The van der Waals surface area contributed by atoms with Crippen molar-refractivity contribution in [2.45, 2.75) is 33.6 Å². The molecular weight excluding hydrogens is 332 g/mol. The summed E-state index contributed by atoms with van der Waals surface area (Å²) in [6.45, 7) is 5.98. The molecule has 0 saturated heterocycles. The van der Waals surface area contributed by atoms with Gasteiger partial charge in [-0.1, -0.05) is 32.0 Å². The number of anilines is 1. The molecular formula is C19H22N4O3. The average Bonchev–Trinajstić information content (AvgIpc) is 2.89. The van der Waals surface area contributed by atoms with Crippen LogP contribution in [0.15, 0.2) is 39.9 Å². The molecule has 3 rings (SSSR count). The lowest BCUT2D eigenvalue weighted by molar-refractivity contribution is 0.0993. The van der Waals surface area contributed by atoms with Crippen LogP contribution in [0.5, 0.6) is 0 Å². The van der Waals surface area contributed by atoms with E-state index in [1.54, 1.807) is 0 Å². The van der Waals surface area contributed by atoms with Crippen molar-refractivity contribution < 1.29 is 14.0 Å². The fraction of sp³-hybridized carbons (Fsp3) is 0.316. The number of urea groups is 1. The quantitative estimate of drug-likeness (QED) is 0.736. The molecule has 1 heterocycles. The Bertz CT molecular complexity index is 882. The lowest BCUT2D eigenvalue weighted by atomic mass is 9.75. The second kappa shape index (κ2) is 6.67. The molecule has 2 aromatic rings. The highest BCUT2D eigenvalue weighted by Gasteiger charge is 2.36. The van der Waals surface area contributed by atoms with Gasteiger partial charge in [0.25, 0.3) is 5.91 Å². The summed E-state index contributed by atoms with van der Waals surface area (Å²) in [7, 11) is 0. The largest absolute Gasteiger partial charge is 0.455 e. The first-order chi connectivity index (χ1) is 12.3. The molecule has 4 N–H and O–H groups in total. The minimum absolute atomic E-state index is 0.109.